The van der Waals surface area contributed by atoms with Crippen molar-refractivity contribution >= 4 is 34.7 Å². The predicted octanol–water partition coefficient (Wildman–Crippen LogP) is 4.19. The number of ether oxygens (including phenoxy) is 2. The molecule has 1 aliphatic carbocycles. The van der Waals surface area contributed by atoms with E-state index in [1.54, 1.807) is 13.2 Å². The van der Waals surface area contributed by atoms with E-state index in [0.717, 1.165) is 11.1 Å². The third kappa shape index (κ3) is 6.15. The van der Waals surface area contributed by atoms with Crippen LogP contribution in [-0.4, -0.2) is 81.8 Å². The number of aromatic nitrogens is 4. The second-order valence-corrected chi connectivity index (χ2v) is 10.6. The lowest BCUT2D eigenvalue weighted by molar-refractivity contribution is -0.192. The molecule has 3 N–H and O–H groups in total. The first kappa shape index (κ1) is 31.1. The molecule has 17 heteroatoms. The minimum absolute atomic E-state index is 0.196. The lowest BCUT2D eigenvalue weighted by Gasteiger charge is -2.20. The molecule has 0 unspecified atom stereocenters. The van der Waals surface area contributed by atoms with E-state index in [1.165, 1.54) is 22.8 Å². The summed E-state index contributed by atoms with van der Waals surface area (Å²) in [4.78, 5) is 32.6. The molecule has 1 saturated heterocycles. The molecule has 7 rings (SSSR count). The van der Waals surface area contributed by atoms with Crippen LogP contribution in [0.3, 0.4) is 0 Å². The highest BCUT2D eigenvalue weighted by Crippen LogP contribution is 2.41. The Labute approximate surface area is 257 Å². The van der Waals surface area contributed by atoms with Gasteiger partial charge in [-0.1, -0.05) is 6.07 Å². The molecule has 2 aliphatic heterocycles. The molecule has 12 nitrogen and oxygen atoms in total. The van der Waals surface area contributed by atoms with Gasteiger partial charge in [-0.05, 0) is 30.2 Å². The van der Waals surface area contributed by atoms with E-state index in [2.05, 4.69) is 20.6 Å². The van der Waals surface area contributed by atoms with Gasteiger partial charge in [0.05, 0.1) is 36.8 Å². The Morgan fingerprint density at radius 2 is 1.80 bits per heavy atom. The molecule has 1 amide bonds. The number of alkyl halides is 4. The van der Waals surface area contributed by atoms with Gasteiger partial charge in [-0.25, -0.2) is 23.1 Å². The fourth-order valence-corrected chi connectivity index (χ4v) is 5.17. The SMILES string of the molecule is CNc1cc(N2CCc3c(-c4ccc(C5OCCO5)cn4)cc(F)cc32)nn2c(C(=O)N[C@@H]3C[C@@H]3F)cnc12.O=C(O)C(F)(F)F. The molecule has 0 bridgehead atoms. The van der Waals surface area contributed by atoms with Gasteiger partial charge in [0.15, 0.2) is 23.4 Å². The van der Waals surface area contributed by atoms with E-state index in [1.807, 2.05) is 23.1 Å². The highest BCUT2D eigenvalue weighted by Gasteiger charge is 2.40. The van der Waals surface area contributed by atoms with Crippen LogP contribution in [-0.2, 0) is 20.7 Å². The quantitative estimate of drug-likeness (QED) is 0.261. The van der Waals surface area contributed by atoms with Crippen LogP contribution in [0.25, 0.3) is 16.9 Å². The molecule has 46 heavy (non-hydrogen) atoms. The number of carbonyl (C=O) groups excluding carboxylic acids is 1. The number of rotatable bonds is 6. The van der Waals surface area contributed by atoms with Gasteiger partial charge in [0.1, 0.15) is 12.0 Å². The van der Waals surface area contributed by atoms with Crippen LogP contribution in [0.1, 0.15) is 34.3 Å². The smallest absolute Gasteiger partial charge is 0.475 e. The van der Waals surface area contributed by atoms with E-state index in [-0.39, 0.29) is 5.69 Å². The Morgan fingerprint density at radius 1 is 1.09 bits per heavy atom. The van der Waals surface area contributed by atoms with Crippen molar-refractivity contribution < 1.29 is 46.1 Å². The van der Waals surface area contributed by atoms with Gasteiger partial charge < -0.3 is 30.1 Å². The van der Waals surface area contributed by atoms with Gasteiger partial charge >= 0.3 is 12.1 Å². The van der Waals surface area contributed by atoms with Crippen LogP contribution in [0.15, 0.2) is 42.7 Å². The molecule has 242 valence electrons. The zero-order chi connectivity index (χ0) is 32.7. The first-order chi connectivity index (χ1) is 21.9. The molecule has 2 fully saturated rings. The highest BCUT2D eigenvalue weighted by molar-refractivity contribution is 5.94. The summed E-state index contributed by atoms with van der Waals surface area (Å²) < 4.78 is 72.6. The maximum absolute atomic E-state index is 15.0. The molecule has 3 aromatic heterocycles. The number of halogens is 5. The average molecular weight is 648 g/mol. The van der Waals surface area contributed by atoms with E-state index in [4.69, 9.17) is 24.5 Å². The van der Waals surface area contributed by atoms with Crippen LogP contribution < -0.4 is 15.5 Å². The van der Waals surface area contributed by atoms with E-state index >= 15 is 0 Å². The zero-order valence-corrected chi connectivity index (χ0v) is 24.0. The summed E-state index contributed by atoms with van der Waals surface area (Å²) >= 11 is 0. The summed E-state index contributed by atoms with van der Waals surface area (Å²) in [5, 5.41) is 17.6. The third-order valence-electron chi connectivity index (χ3n) is 7.53. The predicted molar refractivity (Wildman–Crippen MR) is 152 cm³/mol. The Hall–Kier alpha value is -4.90. The van der Waals surface area contributed by atoms with E-state index in [0.29, 0.717) is 66.7 Å². The topological polar surface area (TPSA) is 143 Å². The van der Waals surface area contributed by atoms with Crippen LogP contribution in [0, 0.1) is 5.82 Å². The van der Waals surface area contributed by atoms with Crippen molar-refractivity contribution in [3.05, 3.63) is 65.4 Å². The number of anilines is 3. The Balaban J connectivity index is 0.000000480. The van der Waals surface area contributed by atoms with E-state index in [9.17, 15) is 26.7 Å². The monoisotopic (exact) mass is 647 g/mol. The van der Waals surface area contributed by atoms with Crippen molar-refractivity contribution in [2.75, 3.05) is 37.0 Å². The summed E-state index contributed by atoms with van der Waals surface area (Å²) in [5.41, 5.74) is 5.09. The number of nitrogens with zero attached hydrogens (tertiary/aromatic N) is 5. The van der Waals surface area contributed by atoms with Crippen molar-refractivity contribution in [3.8, 4) is 11.3 Å². The van der Waals surface area contributed by atoms with E-state index < -0.39 is 42.4 Å². The van der Waals surface area contributed by atoms with Gasteiger partial charge in [0, 0.05) is 49.1 Å². The molecule has 5 heterocycles. The van der Waals surface area contributed by atoms with Crippen LogP contribution in [0.4, 0.5) is 39.1 Å². The number of amides is 1. The number of benzene rings is 1. The molecule has 0 spiro atoms. The Bertz CT molecular complexity index is 1790. The number of nitrogens with one attached hydrogen (secondary N) is 2. The van der Waals surface area contributed by atoms with Crippen molar-refractivity contribution in [2.45, 2.75) is 37.5 Å². The summed E-state index contributed by atoms with van der Waals surface area (Å²) in [6.07, 6.45) is -2.46. The standard InChI is InChI=1S/C27H25F2N7O3.C2HF3O2/c1-30-21-11-24(34-36-23(13-32-25(21)36)26(37)33-20-10-18(20)29)35-5-4-16-17(8-15(28)9-22(16)35)19-3-2-14(12-31-19)27-38-6-7-39-27;3-2(4,5)1(6)7/h2-3,8-9,11-13,18,20,27,30H,4-7,10H2,1H3,(H,33,37);(H,6,7)/t18-,20+;/m0./s1. The fourth-order valence-electron chi connectivity index (χ4n) is 5.17. The average Bonchev–Trinajstić information content (AvgIpc) is 3.49. The first-order valence-electron chi connectivity index (χ1n) is 14.1. The molecule has 1 aromatic carbocycles. The summed E-state index contributed by atoms with van der Waals surface area (Å²) in [6, 6.07) is 8.05. The number of pyridine rings is 1. The summed E-state index contributed by atoms with van der Waals surface area (Å²) in [5.74, 6) is -3.08. The fraction of sp³-hybridized carbons (Fsp3) is 0.345. The third-order valence-corrected chi connectivity index (χ3v) is 7.53. The van der Waals surface area contributed by atoms with Crippen LogP contribution in [0.2, 0.25) is 0 Å². The lowest BCUT2D eigenvalue weighted by atomic mass is 10.0. The number of carboxylic acids is 1. The number of carbonyl (C=O) groups is 2. The van der Waals surface area contributed by atoms with Gasteiger partial charge in [-0.2, -0.15) is 13.2 Å². The minimum Gasteiger partial charge on any atom is -0.475 e. The van der Waals surface area contributed by atoms with Crippen LogP contribution >= 0.6 is 0 Å². The van der Waals surface area contributed by atoms with Crippen molar-refractivity contribution in [1.29, 1.82) is 0 Å². The van der Waals surface area contributed by atoms with Gasteiger partial charge in [-0.15, -0.1) is 5.10 Å². The van der Waals surface area contributed by atoms with Crippen molar-refractivity contribution in [3.63, 3.8) is 0 Å². The minimum atomic E-state index is -5.08. The largest absolute Gasteiger partial charge is 0.490 e. The number of aliphatic carboxylic acids is 1. The molecule has 2 atom stereocenters. The van der Waals surface area contributed by atoms with Crippen molar-refractivity contribution in [2.24, 2.45) is 0 Å². The number of hydrogen-bond acceptors (Lipinski definition) is 9. The second kappa shape index (κ2) is 12.1. The summed E-state index contributed by atoms with van der Waals surface area (Å²) in [7, 11) is 1.75. The Kier molecular flexibility index (Phi) is 8.20. The molecule has 0 radical (unpaired) electrons. The first-order valence-corrected chi connectivity index (χ1v) is 14.1. The van der Waals surface area contributed by atoms with Crippen molar-refractivity contribution in [1.82, 2.24) is 24.9 Å². The number of fused-ring (bicyclic) bond motifs is 2. The Morgan fingerprint density at radius 3 is 2.41 bits per heavy atom. The molecular formula is C29H26F5N7O5. The lowest BCUT2D eigenvalue weighted by Crippen LogP contribution is -2.28. The van der Waals surface area contributed by atoms with Gasteiger partial charge in [0.2, 0.25) is 0 Å². The summed E-state index contributed by atoms with van der Waals surface area (Å²) in [6.45, 7) is 1.63. The number of hydrogen-bond donors (Lipinski definition) is 3. The highest BCUT2D eigenvalue weighted by atomic mass is 19.4. The van der Waals surface area contributed by atoms with Gasteiger partial charge in [-0.3, -0.25) is 9.78 Å². The number of imidazole rings is 1. The maximum Gasteiger partial charge on any atom is 0.490 e. The molecular weight excluding hydrogens is 621 g/mol. The number of carboxylic acid groups (broad SMARTS) is 1. The molecule has 1 saturated carbocycles. The second-order valence-electron chi connectivity index (χ2n) is 10.6. The van der Waals surface area contributed by atoms with Crippen LogP contribution in [0.5, 0.6) is 0 Å². The molecule has 3 aliphatic rings. The zero-order valence-electron chi connectivity index (χ0n) is 24.0. The normalized spacial score (nSPS) is 19.0. The van der Waals surface area contributed by atoms with Gasteiger partial charge in [0.25, 0.3) is 5.91 Å². The maximum atomic E-state index is 15.0. The molecule has 4 aromatic rings.